The first-order chi connectivity index (χ1) is 8.61. The minimum atomic E-state index is -0.220. The molecule has 96 valence electrons. The molecule has 0 radical (unpaired) electrons. The second-order valence-electron chi connectivity index (χ2n) is 4.31. The topological polar surface area (TPSA) is 17.0 Å². The summed E-state index contributed by atoms with van der Waals surface area (Å²) in [4.78, 5) is 0. The van der Waals surface area contributed by atoms with Crippen LogP contribution in [0.5, 0.6) is 0 Å². The van der Waals surface area contributed by atoms with Crippen molar-refractivity contribution >= 4 is 15.9 Å². The average molecular weight is 311 g/mol. The number of hydrogen-bond donors (Lipinski definition) is 1. The summed E-state index contributed by atoms with van der Waals surface area (Å²) < 4.78 is 16.0. The fourth-order valence-corrected chi connectivity index (χ4v) is 2.42. The predicted molar refractivity (Wildman–Crippen MR) is 75.1 cm³/mol. The normalized spacial score (nSPS) is 12.7. The molecule has 0 spiro atoms. The van der Waals surface area contributed by atoms with Crippen LogP contribution in [0.3, 0.4) is 0 Å². The molecule has 0 aliphatic carbocycles. The third kappa shape index (κ3) is 2.82. The highest BCUT2D eigenvalue weighted by Gasteiger charge is 2.09. The molecule has 1 unspecified atom stereocenters. The second kappa shape index (κ2) is 5.67. The number of aromatic nitrogens is 1. The third-order valence-electron chi connectivity index (χ3n) is 3.10. The van der Waals surface area contributed by atoms with Gasteiger partial charge in [0.05, 0.1) is 0 Å². The Labute approximate surface area is 115 Å². The van der Waals surface area contributed by atoms with Gasteiger partial charge >= 0.3 is 0 Å². The van der Waals surface area contributed by atoms with Crippen LogP contribution in [0.25, 0.3) is 0 Å². The molecule has 2 aromatic rings. The number of nitrogens with zero attached hydrogens (tertiary/aromatic N) is 1. The molecule has 0 bridgehead atoms. The van der Waals surface area contributed by atoms with Crippen LogP contribution < -0.4 is 5.32 Å². The van der Waals surface area contributed by atoms with Crippen molar-refractivity contribution in [1.29, 1.82) is 0 Å². The molecule has 0 amide bonds. The first-order valence-corrected chi connectivity index (χ1v) is 6.67. The van der Waals surface area contributed by atoms with Crippen molar-refractivity contribution in [1.82, 2.24) is 9.88 Å². The molecule has 0 aliphatic heterocycles. The van der Waals surface area contributed by atoms with E-state index in [1.54, 1.807) is 0 Å². The van der Waals surface area contributed by atoms with Gasteiger partial charge in [0.1, 0.15) is 5.82 Å². The molecule has 0 fully saturated rings. The van der Waals surface area contributed by atoms with Crippen molar-refractivity contribution in [3.63, 3.8) is 0 Å². The van der Waals surface area contributed by atoms with Crippen LogP contribution in [0.4, 0.5) is 4.39 Å². The zero-order chi connectivity index (χ0) is 13.1. The third-order valence-corrected chi connectivity index (χ3v) is 3.84. The van der Waals surface area contributed by atoms with Crippen molar-refractivity contribution in [2.45, 2.75) is 19.5 Å². The minimum absolute atomic E-state index is 0.220. The van der Waals surface area contributed by atoms with Gasteiger partial charge in [0.25, 0.3) is 0 Å². The van der Waals surface area contributed by atoms with Gasteiger partial charge in [0.2, 0.25) is 0 Å². The van der Waals surface area contributed by atoms with E-state index in [1.807, 2.05) is 25.4 Å². The Balaban J connectivity index is 2.26. The zero-order valence-electron chi connectivity index (χ0n) is 10.5. The lowest BCUT2D eigenvalue weighted by Crippen LogP contribution is -2.17. The molecule has 4 heteroatoms. The number of rotatable bonds is 4. The highest BCUT2D eigenvalue weighted by Crippen LogP contribution is 2.21. The molecule has 1 aromatic carbocycles. The van der Waals surface area contributed by atoms with Crippen molar-refractivity contribution in [3.8, 4) is 0 Å². The van der Waals surface area contributed by atoms with Crippen molar-refractivity contribution < 1.29 is 4.39 Å². The van der Waals surface area contributed by atoms with E-state index in [2.05, 4.69) is 38.8 Å². The molecular weight excluding hydrogens is 295 g/mol. The summed E-state index contributed by atoms with van der Waals surface area (Å²) in [5.74, 6) is -0.220. The molecule has 18 heavy (non-hydrogen) atoms. The molecule has 1 N–H and O–H groups in total. The van der Waals surface area contributed by atoms with Crippen LogP contribution in [0.1, 0.15) is 24.2 Å². The van der Waals surface area contributed by atoms with Gasteiger partial charge in [0.15, 0.2) is 0 Å². The maximum atomic E-state index is 13.0. The van der Waals surface area contributed by atoms with Crippen molar-refractivity contribution in [2.24, 2.45) is 0 Å². The molecule has 1 heterocycles. The van der Waals surface area contributed by atoms with Crippen LogP contribution in [0, 0.1) is 5.82 Å². The maximum absolute atomic E-state index is 13.0. The highest BCUT2D eigenvalue weighted by atomic mass is 79.9. The molecule has 2 rings (SSSR count). The summed E-state index contributed by atoms with van der Waals surface area (Å²) in [6.07, 6.45) is 2.04. The summed E-state index contributed by atoms with van der Waals surface area (Å²) in [5.41, 5.74) is 2.28. The summed E-state index contributed by atoms with van der Waals surface area (Å²) in [5, 5.41) is 3.22. The molecule has 0 aliphatic rings. The molecule has 1 aromatic heterocycles. The number of halogens is 2. The van der Waals surface area contributed by atoms with E-state index < -0.39 is 0 Å². The SMILES string of the molecule is CNC(C)c1cccn1Cc1ccc(F)cc1Br. The minimum Gasteiger partial charge on any atom is -0.346 e. The van der Waals surface area contributed by atoms with Gasteiger partial charge in [0, 0.05) is 29.0 Å². The van der Waals surface area contributed by atoms with E-state index in [0.717, 1.165) is 16.6 Å². The van der Waals surface area contributed by atoms with E-state index >= 15 is 0 Å². The molecule has 2 nitrogen and oxygen atoms in total. The Hall–Kier alpha value is -1.13. The Morgan fingerprint density at radius 2 is 2.17 bits per heavy atom. The number of hydrogen-bond acceptors (Lipinski definition) is 1. The lowest BCUT2D eigenvalue weighted by molar-refractivity contribution is 0.587. The monoisotopic (exact) mass is 310 g/mol. The van der Waals surface area contributed by atoms with E-state index in [1.165, 1.54) is 17.8 Å². The Morgan fingerprint density at radius 1 is 1.39 bits per heavy atom. The Morgan fingerprint density at radius 3 is 2.83 bits per heavy atom. The standard InChI is InChI=1S/C14H16BrFN2/c1-10(17-2)14-4-3-7-18(14)9-11-5-6-12(16)8-13(11)15/h3-8,10,17H,9H2,1-2H3. The lowest BCUT2D eigenvalue weighted by atomic mass is 10.2. The van der Waals surface area contributed by atoms with Gasteiger partial charge in [-0.25, -0.2) is 4.39 Å². The van der Waals surface area contributed by atoms with Gasteiger partial charge in [-0.3, -0.25) is 0 Å². The van der Waals surface area contributed by atoms with Crippen LogP contribution in [0.2, 0.25) is 0 Å². The van der Waals surface area contributed by atoms with Crippen molar-refractivity contribution in [3.05, 3.63) is 58.1 Å². The zero-order valence-corrected chi connectivity index (χ0v) is 12.0. The summed E-state index contributed by atoms with van der Waals surface area (Å²) in [6, 6.07) is 9.22. The molecule has 0 saturated heterocycles. The van der Waals surface area contributed by atoms with E-state index in [9.17, 15) is 4.39 Å². The largest absolute Gasteiger partial charge is 0.346 e. The molecule has 0 saturated carbocycles. The second-order valence-corrected chi connectivity index (χ2v) is 5.16. The smallest absolute Gasteiger partial charge is 0.124 e. The van der Waals surface area contributed by atoms with Crippen LogP contribution in [0.15, 0.2) is 41.0 Å². The summed E-state index contributed by atoms with van der Waals surface area (Å²) in [6.45, 7) is 2.85. The first kappa shape index (κ1) is 13.3. The Bertz CT molecular complexity index is 536. The van der Waals surface area contributed by atoms with E-state index in [4.69, 9.17) is 0 Å². The lowest BCUT2D eigenvalue weighted by Gasteiger charge is -2.15. The Kier molecular flexibility index (Phi) is 4.19. The fraction of sp³-hybridized carbons (Fsp3) is 0.286. The van der Waals surface area contributed by atoms with Gasteiger partial charge in [-0.15, -0.1) is 0 Å². The fourth-order valence-electron chi connectivity index (χ4n) is 1.95. The molecular formula is C14H16BrFN2. The number of nitrogens with one attached hydrogen (secondary N) is 1. The summed E-state index contributed by atoms with van der Waals surface area (Å²) in [7, 11) is 1.94. The van der Waals surface area contributed by atoms with Crippen LogP contribution in [-0.4, -0.2) is 11.6 Å². The number of benzene rings is 1. The van der Waals surface area contributed by atoms with Gasteiger partial charge in [-0.1, -0.05) is 22.0 Å². The quantitative estimate of drug-likeness (QED) is 0.910. The van der Waals surface area contributed by atoms with E-state index in [0.29, 0.717) is 6.04 Å². The van der Waals surface area contributed by atoms with Gasteiger partial charge in [-0.05, 0) is 43.8 Å². The predicted octanol–water partition coefficient (Wildman–Crippen LogP) is 3.72. The highest BCUT2D eigenvalue weighted by molar-refractivity contribution is 9.10. The van der Waals surface area contributed by atoms with Crippen molar-refractivity contribution in [2.75, 3.05) is 7.05 Å². The van der Waals surface area contributed by atoms with Crippen LogP contribution in [-0.2, 0) is 6.54 Å². The van der Waals surface area contributed by atoms with Gasteiger partial charge in [-0.2, -0.15) is 0 Å². The average Bonchev–Trinajstić information content (AvgIpc) is 2.80. The first-order valence-electron chi connectivity index (χ1n) is 5.88. The van der Waals surface area contributed by atoms with E-state index in [-0.39, 0.29) is 5.82 Å². The summed E-state index contributed by atoms with van der Waals surface area (Å²) >= 11 is 3.40. The molecule has 1 atom stereocenters. The van der Waals surface area contributed by atoms with Crippen LogP contribution >= 0.6 is 15.9 Å². The van der Waals surface area contributed by atoms with Gasteiger partial charge < -0.3 is 9.88 Å². The maximum Gasteiger partial charge on any atom is 0.124 e.